The summed E-state index contributed by atoms with van der Waals surface area (Å²) in [7, 11) is 0. The lowest BCUT2D eigenvalue weighted by Crippen LogP contribution is -2.63. The first kappa shape index (κ1) is 18.0. The largest absolute Gasteiger partial charge is 0.343 e. The molecule has 0 aromatic carbocycles. The SMILES string of the molecule is CCCCC(CC)CN1C(=O)C(C)NC(=O)C1CC(C)C. The lowest BCUT2D eigenvalue weighted by Gasteiger charge is -2.40. The van der Waals surface area contributed by atoms with Crippen molar-refractivity contribution in [3.8, 4) is 0 Å². The van der Waals surface area contributed by atoms with Gasteiger partial charge in [0.2, 0.25) is 11.8 Å². The maximum absolute atomic E-state index is 12.5. The molecule has 1 aliphatic heterocycles. The molecule has 0 aliphatic carbocycles. The molecule has 0 aromatic rings. The Morgan fingerprint density at radius 1 is 1.24 bits per heavy atom. The van der Waals surface area contributed by atoms with E-state index >= 15 is 0 Å². The lowest BCUT2D eigenvalue weighted by molar-refractivity contribution is -0.150. The molecule has 0 saturated carbocycles. The molecule has 4 heteroatoms. The highest BCUT2D eigenvalue weighted by Gasteiger charge is 2.39. The van der Waals surface area contributed by atoms with Crippen LogP contribution in [0.1, 0.15) is 66.7 Å². The Morgan fingerprint density at radius 3 is 2.43 bits per heavy atom. The van der Waals surface area contributed by atoms with Gasteiger partial charge in [-0.15, -0.1) is 0 Å². The summed E-state index contributed by atoms with van der Waals surface area (Å²) in [6.07, 6.45) is 5.32. The van der Waals surface area contributed by atoms with Crippen LogP contribution in [0.25, 0.3) is 0 Å². The van der Waals surface area contributed by atoms with Gasteiger partial charge in [0.1, 0.15) is 12.1 Å². The molecule has 1 rings (SSSR count). The predicted molar refractivity (Wildman–Crippen MR) is 85.9 cm³/mol. The van der Waals surface area contributed by atoms with Crippen LogP contribution in [0.15, 0.2) is 0 Å². The van der Waals surface area contributed by atoms with Crippen LogP contribution < -0.4 is 5.32 Å². The molecule has 0 spiro atoms. The quantitative estimate of drug-likeness (QED) is 0.748. The number of nitrogens with zero attached hydrogens (tertiary/aromatic N) is 1. The van der Waals surface area contributed by atoms with Gasteiger partial charge in [0.15, 0.2) is 0 Å². The predicted octanol–water partition coefficient (Wildman–Crippen LogP) is 2.96. The van der Waals surface area contributed by atoms with Gasteiger partial charge in [-0.3, -0.25) is 9.59 Å². The number of hydrogen-bond donors (Lipinski definition) is 1. The Morgan fingerprint density at radius 2 is 1.90 bits per heavy atom. The van der Waals surface area contributed by atoms with Gasteiger partial charge in [-0.25, -0.2) is 0 Å². The summed E-state index contributed by atoms with van der Waals surface area (Å²) in [5.74, 6) is 0.998. The number of piperazine rings is 1. The second kappa shape index (κ2) is 8.40. The zero-order valence-corrected chi connectivity index (χ0v) is 14.3. The molecule has 3 atom stereocenters. The van der Waals surface area contributed by atoms with Crippen molar-refractivity contribution in [1.29, 1.82) is 0 Å². The van der Waals surface area contributed by atoms with E-state index in [-0.39, 0.29) is 23.9 Å². The third kappa shape index (κ3) is 5.01. The van der Waals surface area contributed by atoms with Crippen molar-refractivity contribution >= 4 is 11.8 Å². The molecular formula is C17H32N2O2. The summed E-state index contributed by atoms with van der Waals surface area (Å²) in [5, 5.41) is 2.82. The lowest BCUT2D eigenvalue weighted by atomic mass is 9.93. The maximum atomic E-state index is 12.5. The van der Waals surface area contributed by atoms with Crippen LogP contribution >= 0.6 is 0 Å². The van der Waals surface area contributed by atoms with Gasteiger partial charge in [-0.1, -0.05) is 47.0 Å². The van der Waals surface area contributed by atoms with Crippen molar-refractivity contribution in [1.82, 2.24) is 10.2 Å². The molecule has 1 heterocycles. The summed E-state index contributed by atoms with van der Waals surface area (Å²) in [4.78, 5) is 26.6. The standard InChI is InChI=1S/C17H32N2O2/c1-6-8-9-14(7-2)11-19-15(10-12(3)4)16(20)18-13(5)17(19)21/h12-15H,6-11H2,1-5H3,(H,18,20). The van der Waals surface area contributed by atoms with E-state index in [2.05, 4.69) is 33.0 Å². The van der Waals surface area contributed by atoms with E-state index in [1.54, 1.807) is 6.92 Å². The second-order valence-electron chi connectivity index (χ2n) is 6.78. The average molecular weight is 296 g/mol. The third-order valence-corrected chi connectivity index (χ3v) is 4.38. The Bertz CT molecular complexity index is 355. The summed E-state index contributed by atoms with van der Waals surface area (Å²) < 4.78 is 0. The van der Waals surface area contributed by atoms with Gasteiger partial charge in [-0.05, 0) is 31.6 Å². The van der Waals surface area contributed by atoms with E-state index in [1.807, 2.05) is 4.90 Å². The van der Waals surface area contributed by atoms with Crippen molar-refractivity contribution in [3.63, 3.8) is 0 Å². The first-order valence-electron chi connectivity index (χ1n) is 8.51. The minimum Gasteiger partial charge on any atom is -0.343 e. The fourth-order valence-corrected chi connectivity index (χ4v) is 3.01. The number of amides is 2. The molecule has 0 radical (unpaired) electrons. The van der Waals surface area contributed by atoms with E-state index in [0.29, 0.717) is 11.8 Å². The van der Waals surface area contributed by atoms with Crippen LogP contribution in [0.2, 0.25) is 0 Å². The molecule has 1 fully saturated rings. The number of rotatable bonds is 8. The fraction of sp³-hybridized carbons (Fsp3) is 0.882. The van der Waals surface area contributed by atoms with Crippen LogP contribution in [-0.4, -0.2) is 35.3 Å². The van der Waals surface area contributed by atoms with Gasteiger partial charge >= 0.3 is 0 Å². The Kier molecular flexibility index (Phi) is 7.20. The molecule has 0 bridgehead atoms. The minimum atomic E-state index is -0.385. The number of nitrogens with one attached hydrogen (secondary N) is 1. The van der Waals surface area contributed by atoms with Crippen LogP contribution in [0.3, 0.4) is 0 Å². The summed E-state index contributed by atoms with van der Waals surface area (Å²) in [6.45, 7) is 11.1. The molecule has 21 heavy (non-hydrogen) atoms. The smallest absolute Gasteiger partial charge is 0.245 e. The highest BCUT2D eigenvalue weighted by molar-refractivity contribution is 5.96. The fourth-order valence-electron chi connectivity index (χ4n) is 3.01. The molecule has 4 nitrogen and oxygen atoms in total. The van der Waals surface area contributed by atoms with Crippen LogP contribution in [-0.2, 0) is 9.59 Å². The van der Waals surface area contributed by atoms with Gasteiger partial charge in [0.25, 0.3) is 0 Å². The summed E-state index contributed by atoms with van der Waals surface area (Å²) in [6, 6.07) is -0.672. The van der Waals surface area contributed by atoms with Gasteiger partial charge < -0.3 is 10.2 Å². The number of unbranched alkanes of at least 4 members (excludes halogenated alkanes) is 1. The van der Waals surface area contributed by atoms with Crippen molar-refractivity contribution in [2.75, 3.05) is 6.54 Å². The number of carbonyl (C=O) groups excluding carboxylic acids is 2. The van der Waals surface area contributed by atoms with Gasteiger partial charge in [0, 0.05) is 6.54 Å². The minimum absolute atomic E-state index is 0.0149. The average Bonchev–Trinajstić information content (AvgIpc) is 2.43. The topological polar surface area (TPSA) is 49.4 Å². The zero-order chi connectivity index (χ0) is 16.0. The highest BCUT2D eigenvalue weighted by atomic mass is 16.2. The molecular weight excluding hydrogens is 264 g/mol. The molecule has 1 saturated heterocycles. The molecule has 2 amide bonds. The summed E-state index contributed by atoms with van der Waals surface area (Å²) >= 11 is 0. The first-order valence-corrected chi connectivity index (χ1v) is 8.51. The maximum Gasteiger partial charge on any atom is 0.245 e. The molecule has 1 aliphatic rings. The van der Waals surface area contributed by atoms with Gasteiger partial charge in [-0.2, -0.15) is 0 Å². The number of hydrogen-bond acceptors (Lipinski definition) is 2. The first-order chi connectivity index (χ1) is 9.90. The summed E-state index contributed by atoms with van der Waals surface area (Å²) in [5.41, 5.74) is 0. The van der Waals surface area contributed by atoms with Crippen molar-refractivity contribution < 1.29 is 9.59 Å². The van der Waals surface area contributed by atoms with Crippen LogP contribution in [0, 0.1) is 11.8 Å². The number of carbonyl (C=O) groups is 2. The van der Waals surface area contributed by atoms with Crippen molar-refractivity contribution in [2.45, 2.75) is 78.8 Å². The molecule has 1 N–H and O–H groups in total. The highest BCUT2D eigenvalue weighted by Crippen LogP contribution is 2.22. The van der Waals surface area contributed by atoms with Crippen LogP contribution in [0.4, 0.5) is 0 Å². The third-order valence-electron chi connectivity index (χ3n) is 4.38. The van der Waals surface area contributed by atoms with E-state index in [0.717, 1.165) is 25.8 Å². The normalized spacial score (nSPS) is 24.4. The van der Waals surface area contributed by atoms with Crippen molar-refractivity contribution in [2.24, 2.45) is 11.8 Å². The van der Waals surface area contributed by atoms with E-state index in [9.17, 15) is 9.59 Å². The second-order valence-corrected chi connectivity index (χ2v) is 6.78. The van der Waals surface area contributed by atoms with E-state index < -0.39 is 0 Å². The molecule has 3 unspecified atom stereocenters. The Hall–Kier alpha value is -1.06. The van der Waals surface area contributed by atoms with Gasteiger partial charge in [0.05, 0.1) is 0 Å². The Labute approximate surface area is 129 Å². The van der Waals surface area contributed by atoms with Crippen LogP contribution in [0.5, 0.6) is 0 Å². The zero-order valence-electron chi connectivity index (χ0n) is 14.3. The van der Waals surface area contributed by atoms with Crippen molar-refractivity contribution in [3.05, 3.63) is 0 Å². The monoisotopic (exact) mass is 296 g/mol. The van der Waals surface area contributed by atoms with E-state index in [4.69, 9.17) is 0 Å². The Balaban J connectivity index is 2.83. The van der Waals surface area contributed by atoms with E-state index in [1.165, 1.54) is 12.8 Å². The molecule has 122 valence electrons. The molecule has 0 aromatic heterocycles.